The molecule has 0 bridgehead atoms. The summed E-state index contributed by atoms with van der Waals surface area (Å²) in [5, 5.41) is 5.36. The minimum Gasteiger partial charge on any atom is -0.364 e. The van der Waals surface area contributed by atoms with Crippen molar-refractivity contribution in [2.75, 3.05) is 38.1 Å². The lowest BCUT2D eigenvalue weighted by Crippen LogP contribution is -2.47. The number of benzene rings is 2. The number of likely N-dealkylation sites (N-methyl/N-ethyl adjacent to an activating group) is 1. The highest BCUT2D eigenvalue weighted by Gasteiger charge is 2.23. The summed E-state index contributed by atoms with van der Waals surface area (Å²) < 4.78 is 15.4. The van der Waals surface area contributed by atoms with E-state index in [9.17, 15) is 9.18 Å². The van der Waals surface area contributed by atoms with E-state index in [1.54, 1.807) is 19.1 Å². The van der Waals surface area contributed by atoms with Gasteiger partial charge >= 0.3 is 0 Å². The number of aromatic nitrogens is 2. The Bertz CT molecular complexity index is 1150. The van der Waals surface area contributed by atoms with E-state index < -0.39 is 0 Å². The van der Waals surface area contributed by atoms with Gasteiger partial charge in [-0.1, -0.05) is 23.7 Å². The van der Waals surface area contributed by atoms with Crippen LogP contribution in [0.4, 0.5) is 10.1 Å². The summed E-state index contributed by atoms with van der Waals surface area (Å²) in [6.07, 6.45) is 0. The third-order valence-electron chi connectivity index (χ3n) is 5.86. The Morgan fingerprint density at radius 1 is 1.03 bits per heavy atom. The molecule has 162 valence electrons. The number of halogens is 2. The Kier molecular flexibility index (Phi) is 6.12. The highest BCUT2D eigenvalue weighted by Crippen LogP contribution is 2.28. The summed E-state index contributed by atoms with van der Waals surface area (Å²) >= 11 is 6.01. The first-order valence-electron chi connectivity index (χ1n) is 10.4. The molecule has 0 spiro atoms. The second kappa shape index (κ2) is 8.81. The van der Waals surface area contributed by atoms with Gasteiger partial charge in [0.05, 0.1) is 12.2 Å². The second-order valence-electron chi connectivity index (χ2n) is 8.17. The van der Waals surface area contributed by atoms with E-state index in [4.69, 9.17) is 16.7 Å². The average molecular weight is 441 g/mol. The fraction of sp³-hybridized carbons (Fsp3) is 0.333. The molecule has 0 N–H and O–H groups in total. The van der Waals surface area contributed by atoms with Gasteiger partial charge in [0.15, 0.2) is 0 Å². The van der Waals surface area contributed by atoms with Crippen molar-refractivity contribution >= 4 is 17.3 Å². The topological polar surface area (TPSA) is 41.4 Å². The van der Waals surface area contributed by atoms with Crippen molar-refractivity contribution < 1.29 is 4.39 Å². The van der Waals surface area contributed by atoms with Crippen LogP contribution in [0.3, 0.4) is 0 Å². The van der Waals surface area contributed by atoms with Crippen LogP contribution in [-0.4, -0.2) is 47.9 Å². The smallest absolute Gasteiger partial charge is 0.290 e. The Hall–Kier alpha value is -2.70. The summed E-state index contributed by atoms with van der Waals surface area (Å²) in [5.41, 5.74) is 4.38. The molecule has 1 saturated heterocycles. The average Bonchev–Trinajstić information content (AvgIpc) is 2.75. The SMILES string of the molecule is Cc1cc(-c2nn(Cc3ccc(Cl)cc3)c(=O)c(N3CCN(C)CC3)c2C)ccc1F. The van der Waals surface area contributed by atoms with Crippen LogP contribution in [0.15, 0.2) is 47.3 Å². The number of anilines is 1. The van der Waals surface area contributed by atoms with Crippen molar-refractivity contribution in [3.05, 3.63) is 80.3 Å². The van der Waals surface area contributed by atoms with Gasteiger partial charge in [0, 0.05) is 42.3 Å². The molecule has 0 atom stereocenters. The molecule has 2 aromatic carbocycles. The first-order chi connectivity index (χ1) is 14.8. The molecule has 1 aromatic heterocycles. The molecule has 0 radical (unpaired) electrons. The van der Waals surface area contributed by atoms with E-state index in [2.05, 4.69) is 16.8 Å². The quantitative estimate of drug-likeness (QED) is 0.612. The zero-order valence-electron chi connectivity index (χ0n) is 18.0. The van der Waals surface area contributed by atoms with Crippen LogP contribution >= 0.6 is 11.6 Å². The Morgan fingerprint density at radius 2 is 1.71 bits per heavy atom. The fourth-order valence-corrected chi connectivity index (χ4v) is 4.10. The summed E-state index contributed by atoms with van der Waals surface area (Å²) in [5.74, 6) is -0.254. The van der Waals surface area contributed by atoms with E-state index >= 15 is 0 Å². The van der Waals surface area contributed by atoms with Gasteiger partial charge in [0.2, 0.25) is 0 Å². The molecule has 0 aliphatic carbocycles. The van der Waals surface area contributed by atoms with Gasteiger partial charge in [-0.25, -0.2) is 9.07 Å². The predicted molar refractivity (Wildman–Crippen MR) is 124 cm³/mol. The molecule has 2 heterocycles. The van der Waals surface area contributed by atoms with Crippen molar-refractivity contribution in [2.24, 2.45) is 0 Å². The maximum atomic E-state index is 13.9. The Morgan fingerprint density at radius 3 is 2.35 bits per heavy atom. The lowest BCUT2D eigenvalue weighted by atomic mass is 10.0. The summed E-state index contributed by atoms with van der Waals surface area (Å²) in [6, 6.07) is 12.4. The molecule has 0 unspecified atom stereocenters. The standard InChI is InChI=1S/C24H26ClFN4O/c1-16-14-19(6-9-21(16)26)22-17(2)23(29-12-10-28(3)11-13-29)24(31)30(27-22)15-18-4-7-20(25)8-5-18/h4-9,14H,10-13,15H2,1-3H3. The number of rotatable bonds is 4. The van der Waals surface area contributed by atoms with Gasteiger partial charge in [-0.3, -0.25) is 4.79 Å². The third kappa shape index (κ3) is 4.50. The molecule has 1 fully saturated rings. The van der Waals surface area contributed by atoms with E-state index in [0.717, 1.165) is 42.9 Å². The fourth-order valence-electron chi connectivity index (χ4n) is 3.97. The predicted octanol–water partition coefficient (Wildman–Crippen LogP) is 4.12. The summed E-state index contributed by atoms with van der Waals surface area (Å²) in [6.45, 7) is 7.35. The van der Waals surface area contributed by atoms with Crippen molar-refractivity contribution in [2.45, 2.75) is 20.4 Å². The van der Waals surface area contributed by atoms with E-state index in [1.165, 1.54) is 10.7 Å². The molecule has 1 aliphatic heterocycles. The molecule has 31 heavy (non-hydrogen) atoms. The van der Waals surface area contributed by atoms with Crippen molar-refractivity contribution in [1.82, 2.24) is 14.7 Å². The lowest BCUT2D eigenvalue weighted by molar-refractivity contribution is 0.312. The van der Waals surface area contributed by atoms with Crippen LogP contribution < -0.4 is 10.5 Å². The molecular formula is C24H26ClFN4O. The minimum atomic E-state index is -0.254. The second-order valence-corrected chi connectivity index (χ2v) is 8.60. The normalized spacial score (nSPS) is 14.8. The van der Waals surface area contributed by atoms with Gasteiger partial charge in [-0.2, -0.15) is 5.10 Å². The summed E-state index contributed by atoms with van der Waals surface area (Å²) in [7, 11) is 2.09. The van der Waals surface area contributed by atoms with Crippen LogP contribution in [0.5, 0.6) is 0 Å². The van der Waals surface area contributed by atoms with Gasteiger partial charge in [-0.15, -0.1) is 0 Å². The highest BCUT2D eigenvalue weighted by atomic mass is 35.5. The van der Waals surface area contributed by atoms with E-state index in [-0.39, 0.29) is 11.4 Å². The zero-order valence-corrected chi connectivity index (χ0v) is 18.8. The minimum absolute atomic E-state index is 0.111. The first-order valence-corrected chi connectivity index (χ1v) is 10.8. The van der Waals surface area contributed by atoms with Crippen LogP contribution in [0, 0.1) is 19.7 Å². The molecular weight excluding hydrogens is 415 g/mol. The molecule has 4 rings (SSSR count). The van der Waals surface area contributed by atoms with Crippen molar-refractivity contribution in [3.8, 4) is 11.3 Å². The third-order valence-corrected chi connectivity index (χ3v) is 6.12. The maximum absolute atomic E-state index is 13.9. The maximum Gasteiger partial charge on any atom is 0.290 e. The summed E-state index contributed by atoms with van der Waals surface area (Å²) in [4.78, 5) is 17.9. The molecule has 7 heteroatoms. The Labute approximate surface area is 186 Å². The van der Waals surface area contributed by atoms with E-state index in [1.807, 2.05) is 31.2 Å². The molecule has 0 saturated carbocycles. The van der Waals surface area contributed by atoms with Gasteiger partial charge in [-0.05, 0) is 62.4 Å². The van der Waals surface area contributed by atoms with Crippen molar-refractivity contribution in [1.29, 1.82) is 0 Å². The van der Waals surface area contributed by atoms with E-state index in [0.29, 0.717) is 28.5 Å². The Balaban J connectivity index is 1.85. The number of aryl methyl sites for hydroxylation is 1. The van der Waals surface area contributed by atoms with Crippen LogP contribution in [0.1, 0.15) is 16.7 Å². The monoisotopic (exact) mass is 440 g/mol. The molecule has 1 aliphatic rings. The molecule has 0 amide bonds. The number of piperazine rings is 1. The largest absolute Gasteiger partial charge is 0.364 e. The first kappa shape index (κ1) is 21.5. The van der Waals surface area contributed by atoms with Crippen LogP contribution in [0.2, 0.25) is 5.02 Å². The molecule has 3 aromatic rings. The molecule has 5 nitrogen and oxygen atoms in total. The van der Waals surface area contributed by atoms with Gasteiger partial charge < -0.3 is 9.80 Å². The van der Waals surface area contributed by atoms with Crippen LogP contribution in [0.25, 0.3) is 11.3 Å². The zero-order chi connectivity index (χ0) is 22.1. The number of nitrogens with zero attached hydrogens (tertiary/aromatic N) is 4. The van der Waals surface area contributed by atoms with Crippen LogP contribution in [-0.2, 0) is 6.54 Å². The highest BCUT2D eigenvalue weighted by molar-refractivity contribution is 6.30. The van der Waals surface area contributed by atoms with Gasteiger partial charge in [0.25, 0.3) is 5.56 Å². The number of hydrogen-bond acceptors (Lipinski definition) is 4. The van der Waals surface area contributed by atoms with Crippen molar-refractivity contribution in [3.63, 3.8) is 0 Å². The number of hydrogen-bond donors (Lipinski definition) is 0. The van der Waals surface area contributed by atoms with Gasteiger partial charge in [0.1, 0.15) is 11.5 Å². The lowest BCUT2D eigenvalue weighted by Gasteiger charge is -2.34.